The van der Waals surface area contributed by atoms with Crippen LogP contribution in [-0.4, -0.2) is 55.0 Å². The van der Waals surface area contributed by atoms with Gasteiger partial charge in [0.2, 0.25) is 21.8 Å². The Hall–Kier alpha value is -4.01. The van der Waals surface area contributed by atoms with Crippen molar-refractivity contribution in [1.82, 2.24) is 20.3 Å². The van der Waals surface area contributed by atoms with Crippen LogP contribution in [0.4, 0.5) is 0 Å². The fourth-order valence-electron chi connectivity index (χ4n) is 4.57. The van der Waals surface area contributed by atoms with Crippen molar-refractivity contribution in [3.63, 3.8) is 0 Å². The predicted octanol–water partition coefficient (Wildman–Crippen LogP) is 3.42. The van der Waals surface area contributed by atoms with Gasteiger partial charge in [-0.15, -0.1) is 0 Å². The molecule has 0 aromatic heterocycles. The molecule has 0 saturated heterocycles. The number of rotatable bonds is 16. The van der Waals surface area contributed by atoms with E-state index < -0.39 is 15.7 Å². The Morgan fingerprint density at radius 1 is 0.886 bits per heavy atom. The quantitative estimate of drug-likeness (QED) is 0.111. The van der Waals surface area contributed by atoms with Gasteiger partial charge < -0.3 is 15.7 Å². The molecule has 0 saturated carbocycles. The van der Waals surface area contributed by atoms with Crippen molar-refractivity contribution in [2.75, 3.05) is 19.6 Å². The second-order valence-corrected chi connectivity index (χ2v) is 12.8. The number of sulfonamides is 1. The molecule has 0 fully saturated rings. The molecule has 3 rings (SSSR count). The maximum Gasteiger partial charge on any atom is 0.245 e. The Morgan fingerprint density at radius 3 is 2.09 bits per heavy atom. The maximum atomic E-state index is 13.8. The van der Waals surface area contributed by atoms with E-state index in [-0.39, 0.29) is 67.9 Å². The fraction of sp³-hybridized carbons (Fsp3) is 0.353. The zero-order chi connectivity index (χ0) is 31.8. The van der Waals surface area contributed by atoms with Crippen molar-refractivity contribution < 1.29 is 23.1 Å². The van der Waals surface area contributed by atoms with Gasteiger partial charge in [-0.05, 0) is 29.2 Å². The van der Waals surface area contributed by atoms with Crippen LogP contribution >= 0.6 is 0 Å². The van der Waals surface area contributed by atoms with Crippen molar-refractivity contribution in [3.05, 3.63) is 102 Å². The molecule has 234 valence electrons. The third kappa shape index (κ3) is 11.2. The Morgan fingerprint density at radius 2 is 1.48 bits per heavy atom. The third-order valence-electron chi connectivity index (χ3n) is 6.73. The fourth-order valence-corrected chi connectivity index (χ4v) is 6.42. The molecule has 0 bridgehead atoms. The van der Waals surface area contributed by atoms with Gasteiger partial charge in [0, 0.05) is 51.4 Å². The van der Waals surface area contributed by atoms with E-state index in [9.17, 15) is 23.1 Å². The van der Waals surface area contributed by atoms with E-state index in [1.54, 1.807) is 18.2 Å². The van der Waals surface area contributed by atoms with Gasteiger partial charge in [-0.25, -0.2) is 8.42 Å². The zero-order valence-corrected chi connectivity index (χ0v) is 26.1. The molecule has 0 heterocycles. The Labute approximate surface area is 261 Å². The molecule has 1 atom stereocenters. The van der Waals surface area contributed by atoms with E-state index in [0.29, 0.717) is 6.54 Å². The summed E-state index contributed by atoms with van der Waals surface area (Å²) in [4.78, 5) is 24.6. The first-order valence-electron chi connectivity index (χ1n) is 14.7. The molecule has 10 heteroatoms. The van der Waals surface area contributed by atoms with Crippen molar-refractivity contribution >= 4 is 21.8 Å². The van der Waals surface area contributed by atoms with Crippen LogP contribution < -0.4 is 16.0 Å². The smallest absolute Gasteiger partial charge is 0.245 e. The molecule has 3 aromatic rings. The lowest BCUT2D eigenvalue weighted by Crippen LogP contribution is -2.55. The van der Waals surface area contributed by atoms with Crippen LogP contribution in [0.2, 0.25) is 0 Å². The number of benzene rings is 3. The average molecular weight is 619 g/mol. The van der Waals surface area contributed by atoms with Gasteiger partial charge in [0.15, 0.2) is 0 Å². The molecule has 0 spiro atoms. The monoisotopic (exact) mass is 618 g/mol. The highest BCUT2D eigenvalue weighted by Gasteiger charge is 2.43. The summed E-state index contributed by atoms with van der Waals surface area (Å²) in [5.74, 6) is 2.14. The number of amides is 2. The number of hydrogen-bond donors (Lipinski definition) is 4. The van der Waals surface area contributed by atoms with Crippen LogP contribution in [-0.2, 0) is 32.6 Å². The van der Waals surface area contributed by atoms with Crippen LogP contribution in [0.1, 0.15) is 44.2 Å². The number of nitrogens with zero attached hydrogens (tertiary/aromatic N) is 1. The minimum atomic E-state index is -4.06. The Kier molecular flexibility index (Phi) is 13.6. The minimum Gasteiger partial charge on any atom is -0.374 e. The van der Waals surface area contributed by atoms with Crippen LogP contribution in [0.5, 0.6) is 0 Å². The summed E-state index contributed by atoms with van der Waals surface area (Å²) >= 11 is 0. The van der Waals surface area contributed by atoms with E-state index in [4.69, 9.17) is 0 Å². The first-order valence-corrected chi connectivity index (χ1v) is 16.2. The molecular weight excluding hydrogens is 576 g/mol. The van der Waals surface area contributed by atoms with Crippen LogP contribution in [0, 0.1) is 17.9 Å². The van der Waals surface area contributed by atoms with Crippen molar-refractivity contribution in [3.8, 4) is 12.0 Å². The maximum absolute atomic E-state index is 13.8. The topological polar surface area (TPSA) is 128 Å². The van der Waals surface area contributed by atoms with Gasteiger partial charge in [-0.3, -0.25) is 14.9 Å². The van der Waals surface area contributed by atoms with E-state index in [1.807, 2.05) is 74.5 Å². The molecule has 2 amide bonds. The predicted molar refractivity (Wildman–Crippen MR) is 171 cm³/mol. The van der Waals surface area contributed by atoms with Gasteiger partial charge in [0.25, 0.3) is 0 Å². The minimum absolute atomic E-state index is 0.0237. The summed E-state index contributed by atoms with van der Waals surface area (Å²) < 4.78 is 28.8. The van der Waals surface area contributed by atoms with E-state index >= 15 is 0 Å². The summed E-state index contributed by atoms with van der Waals surface area (Å²) in [5.41, 5.74) is 0.0407. The van der Waals surface area contributed by atoms with Gasteiger partial charge in [0.1, 0.15) is 5.72 Å². The molecule has 4 N–H and O–H groups in total. The lowest BCUT2D eigenvalue weighted by Gasteiger charge is -2.40. The summed E-state index contributed by atoms with van der Waals surface area (Å²) in [5, 5.41) is 20.4. The van der Waals surface area contributed by atoms with Gasteiger partial charge in [-0.2, -0.15) is 4.31 Å². The molecular formula is C34H42N4O5S. The van der Waals surface area contributed by atoms with Gasteiger partial charge in [0.05, 0.1) is 11.4 Å². The largest absolute Gasteiger partial charge is 0.374 e. The molecule has 0 aliphatic heterocycles. The lowest BCUT2D eigenvalue weighted by atomic mass is 9.98. The zero-order valence-electron chi connectivity index (χ0n) is 25.3. The summed E-state index contributed by atoms with van der Waals surface area (Å²) in [7, 11) is -4.06. The highest BCUT2D eigenvalue weighted by atomic mass is 32.2. The van der Waals surface area contributed by atoms with Crippen molar-refractivity contribution in [1.29, 1.82) is 0 Å². The SMILES string of the molecule is CC(C)CN(C(O)(CCNC(=O)CCC#CNC(=O)CNCc1ccccc1)Cc1ccccc1)S(=O)(=O)c1ccccc1. The summed E-state index contributed by atoms with van der Waals surface area (Å²) in [6.07, 6.45) is 0.335. The number of carbonyl (C=O) groups is 2. The number of carbonyl (C=O) groups excluding carboxylic acids is 2. The first kappa shape index (κ1) is 34.5. The standard InChI is InChI=1S/C34H42N4O5S/c1-28(2)27-38(44(42,43)31-18-10-5-11-19-31)34(41,24-29-14-6-3-7-15-29)21-23-37-32(39)20-12-13-22-36-33(40)26-35-25-30-16-8-4-9-17-30/h3-11,14-19,28,35,41H,12,20-21,23-27H2,1-2H3,(H,36,40)(H,37,39). The molecule has 3 aromatic carbocycles. The van der Waals surface area contributed by atoms with Gasteiger partial charge in [-0.1, -0.05) is 98.6 Å². The highest BCUT2D eigenvalue weighted by Crippen LogP contribution is 2.30. The molecule has 0 radical (unpaired) electrons. The lowest BCUT2D eigenvalue weighted by molar-refractivity contribution is -0.121. The second kappa shape index (κ2) is 17.3. The normalized spacial score (nSPS) is 12.7. The summed E-state index contributed by atoms with van der Waals surface area (Å²) in [6, 6.07) is 29.6. The average Bonchev–Trinajstić information content (AvgIpc) is 3.01. The van der Waals surface area contributed by atoms with E-state index in [0.717, 1.165) is 11.1 Å². The molecule has 0 aliphatic carbocycles. The second-order valence-electron chi connectivity index (χ2n) is 10.9. The molecule has 1 unspecified atom stereocenters. The molecule has 0 aliphatic rings. The number of nitrogens with one attached hydrogen (secondary N) is 3. The van der Waals surface area contributed by atoms with Crippen molar-refractivity contribution in [2.24, 2.45) is 5.92 Å². The summed E-state index contributed by atoms with van der Waals surface area (Å²) in [6.45, 7) is 4.61. The van der Waals surface area contributed by atoms with Crippen LogP contribution in [0.3, 0.4) is 0 Å². The highest BCUT2D eigenvalue weighted by molar-refractivity contribution is 7.89. The van der Waals surface area contributed by atoms with Gasteiger partial charge >= 0.3 is 0 Å². The number of aliphatic hydroxyl groups is 1. The van der Waals surface area contributed by atoms with Crippen LogP contribution in [0.15, 0.2) is 95.9 Å². The van der Waals surface area contributed by atoms with E-state index in [2.05, 4.69) is 27.9 Å². The third-order valence-corrected chi connectivity index (χ3v) is 8.67. The Bertz CT molecular complexity index is 1490. The molecule has 44 heavy (non-hydrogen) atoms. The Balaban J connectivity index is 1.56. The van der Waals surface area contributed by atoms with Crippen molar-refractivity contribution in [2.45, 2.75) is 56.7 Å². The first-order chi connectivity index (χ1) is 21.1. The molecule has 9 nitrogen and oxygen atoms in total. The number of hydrogen-bond acceptors (Lipinski definition) is 6. The van der Waals surface area contributed by atoms with E-state index in [1.165, 1.54) is 16.4 Å². The van der Waals surface area contributed by atoms with Crippen LogP contribution in [0.25, 0.3) is 0 Å².